The second-order valence-corrected chi connectivity index (χ2v) is 5.64. The van der Waals surface area contributed by atoms with Gasteiger partial charge in [-0.05, 0) is 30.3 Å². The summed E-state index contributed by atoms with van der Waals surface area (Å²) in [6.07, 6.45) is 0. The number of aliphatic hydroxyl groups is 1. The SMILES string of the molecule is O=S(=O)(NCc1cc(F)ccc1F)c1ccc(CO)o1. The van der Waals surface area contributed by atoms with Gasteiger partial charge in [-0.1, -0.05) is 0 Å². The summed E-state index contributed by atoms with van der Waals surface area (Å²) in [5.41, 5.74) is -0.123. The fourth-order valence-electron chi connectivity index (χ4n) is 1.51. The molecule has 2 N–H and O–H groups in total. The Morgan fingerprint density at radius 2 is 1.95 bits per heavy atom. The van der Waals surface area contributed by atoms with Crippen LogP contribution in [0.25, 0.3) is 0 Å². The number of sulfonamides is 1. The van der Waals surface area contributed by atoms with Gasteiger partial charge in [0.1, 0.15) is 24.0 Å². The summed E-state index contributed by atoms with van der Waals surface area (Å²) >= 11 is 0. The summed E-state index contributed by atoms with van der Waals surface area (Å²) in [6.45, 7) is -0.852. The first-order valence-corrected chi connectivity index (χ1v) is 7.04. The van der Waals surface area contributed by atoms with E-state index in [9.17, 15) is 17.2 Å². The zero-order valence-corrected chi connectivity index (χ0v) is 11.0. The maximum absolute atomic E-state index is 13.3. The minimum atomic E-state index is -3.99. The minimum absolute atomic E-state index is 0.0855. The lowest BCUT2D eigenvalue weighted by atomic mass is 10.2. The molecule has 1 heterocycles. The van der Waals surface area contributed by atoms with Crippen LogP contribution >= 0.6 is 0 Å². The maximum Gasteiger partial charge on any atom is 0.274 e. The van der Waals surface area contributed by atoms with Crippen molar-refractivity contribution in [2.45, 2.75) is 18.2 Å². The van der Waals surface area contributed by atoms with E-state index in [1.165, 1.54) is 6.07 Å². The molecule has 0 radical (unpaired) electrons. The van der Waals surface area contributed by atoms with E-state index >= 15 is 0 Å². The molecule has 0 amide bonds. The average molecular weight is 303 g/mol. The van der Waals surface area contributed by atoms with Crippen molar-refractivity contribution in [1.29, 1.82) is 0 Å². The van der Waals surface area contributed by atoms with Gasteiger partial charge >= 0.3 is 0 Å². The quantitative estimate of drug-likeness (QED) is 0.878. The van der Waals surface area contributed by atoms with Gasteiger partial charge in [0.05, 0.1) is 0 Å². The number of rotatable bonds is 5. The Morgan fingerprint density at radius 1 is 1.20 bits per heavy atom. The van der Waals surface area contributed by atoms with Crippen LogP contribution in [-0.2, 0) is 23.2 Å². The van der Waals surface area contributed by atoms with Crippen LogP contribution < -0.4 is 4.72 Å². The van der Waals surface area contributed by atoms with Crippen molar-refractivity contribution in [3.8, 4) is 0 Å². The van der Waals surface area contributed by atoms with E-state index in [0.717, 1.165) is 24.3 Å². The van der Waals surface area contributed by atoms with Crippen LogP contribution in [0.1, 0.15) is 11.3 Å². The second-order valence-electron chi connectivity index (χ2n) is 3.94. The van der Waals surface area contributed by atoms with Gasteiger partial charge in [0.15, 0.2) is 0 Å². The highest BCUT2D eigenvalue weighted by Gasteiger charge is 2.19. The fourth-order valence-corrected chi connectivity index (χ4v) is 2.46. The number of nitrogens with one attached hydrogen (secondary N) is 1. The molecule has 0 saturated heterocycles. The molecule has 5 nitrogen and oxygen atoms in total. The molecule has 0 atom stereocenters. The molecule has 108 valence electrons. The molecule has 20 heavy (non-hydrogen) atoms. The van der Waals surface area contributed by atoms with E-state index in [1.54, 1.807) is 0 Å². The minimum Gasteiger partial charge on any atom is -0.446 e. The zero-order chi connectivity index (χ0) is 14.8. The van der Waals surface area contributed by atoms with Crippen LogP contribution in [0.3, 0.4) is 0 Å². The van der Waals surface area contributed by atoms with E-state index in [2.05, 4.69) is 4.72 Å². The van der Waals surface area contributed by atoms with Crippen molar-refractivity contribution in [3.05, 3.63) is 53.3 Å². The Kier molecular flexibility index (Phi) is 4.17. The number of benzene rings is 1. The monoisotopic (exact) mass is 303 g/mol. The van der Waals surface area contributed by atoms with Gasteiger partial charge in [-0.25, -0.2) is 21.9 Å². The standard InChI is InChI=1S/C12H11F2NO4S/c13-9-1-3-11(14)8(5-9)6-15-20(17,18)12-4-2-10(7-16)19-12/h1-5,15-16H,6-7H2. The molecule has 0 aliphatic heterocycles. The van der Waals surface area contributed by atoms with Crippen molar-refractivity contribution >= 4 is 10.0 Å². The number of hydrogen-bond acceptors (Lipinski definition) is 4. The predicted octanol–water partition coefficient (Wildman–Crippen LogP) is 1.53. The molecule has 1 aromatic carbocycles. The third kappa shape index (κ3) is 3.21. The Balaban J connectivity index is 2.15. The predicted molar refractivity (Wildman–Crippen MR) is 65.0 cm³/mol. The van der Waals surface area contributed by atoms with Gasteiger partial charge in [0.25, 0.3) is 10.0 Å². The van der Waals surface area contributed by atoms with Crippen LogP contribution in [0.2, 0.25) is 0 Å². The van der Waals surface area contributed by atoms with Crippen LogP contribution in [0, 0.1) is 11.6 Å². The lowest BCUT2D eigenvalue weighted by Crippen LogP contribution is -2.23. The van der Waals surface area contributed by atoms with Gasteiger partial charge in [-0.2, -0.15) is 0 Å². The van der Waals surface area contributed by atoms with E-state index in [-0.39, 0.29) is 11.3 Å². The van der Waals surface area contributed by atoms with Crippen LogP contribution in [0.4, 0.5) is 8.78 Å². The first-order valence-electron chi connectivity index (χ1n) is 5.55. The topological polar surface area (TPSA) is 79.5 Å². The highest BCUT2D eigenvalue weighted by atomic mass is 32.2. The molecule has 2 rings (SSSR count). The maximum atomic E-state index is 13.3. The van der Waals surface area contributed by atoms with Crippen molar-refractivity contribution in [2.24, 2.45) is 0 Å². The zero-order valence-electron chi connectivity index (χ0n) is 10.1. The fraction of sp³-hybridized carbons (Fsp3) is 0.167. The number of furan rings is 1. The molecule has 0 saturated carbocycles. The number of hydrogen-bond donors (Lipinski definition) is 2. The Morgan fingerprint density at radius 3 is 2.60 bits per heavy atom. The highest BCUT2D eigenvalue weighted by Crippen LogP contribution is 2.15. The van der Waals surface area contributed by atoms with E-state index in [4.69, 9.17) is 9.52 Å². The van der Waals surface area contributed by atoms with Gasteiger partial charge in [-0.3, -0.25) is 0 Å². The summed E-state index contributed by atoms with van der Waals surface area (Å²) in [4.78, 5) is 0. The lowest BCUT2D eigenvalue weighted by molar-refractivity contribution is 0.236. The molecule has 0 bridgehead atoms. The van der Waals surface area contributed by atoms with Crippen molar-refractivity contribution in [3.63, 3.8) is 0 Å². The van der Waals surface area contributed by atoms with E-state index in [0.29, 0.717) is 0 Å². The third-order valence-electron chi connectivity index (χ3n) is 2.52. The van der Waals surface area contributed by atoms with E-state index in [1.807, 2.05) is 0 Å². The summed E-state index contributed by atoms with van der Waals surface area (Å²) < 4.78 is 56.9. The summed E-state index contributed by atoms with van der Waals surface area (Å²) in [7, 11) is -3.99. The lowest BCUT2D eigenvalue weighted by Gasteiger charge is -2.05. The van der Waals surface area contributed by atoms with Crippen molar-refractivity contribution in [2.75, 3.05) is 0 Å². The van der Waals surface area contributed by atoms with Crippen molar-refractivity contribution in [1.82, 2.24) is 4.72 Å². The molecule has 0 spiro atoms. The van der Waals surface area contributed by atoms with Crippen LogP contribution in [0.15, 0.2) is 39.8 Å². The first-order chi connectivity index (χ1) is 9.42. The van der Waals surface area contributed by atoms with E-state index < -0.39 is 39.9 Å². The molecule has 0 fully saturated rings. The summed E-state index contributed by atoms with van der Waals surface area (Å²) in [5, 5.41) is 8.39. The second kappa shape index (κ2) is 5.70. The number of aliphatic hydroxyl groups excluding tert-OH is 1. The Bertz CT molecular complexity index is 712. The molecule has 1 aromatic heterocycles. The first kappa shape index (κ1) is 14.6. The largest absolute Gasteiger partial charge is 0.446 e. The highest BCUT2D eigenvalue weighted by molar-refractivity contribution is 7.89. The molecule has 0 aliphatic carbocycles. The average Bonchev–Trinajstić information content (AvgIpc) is 2.89. The molecular weight excluding hydrogens is 292 g/mol. The van der Waals surface area contributed by atoms with Crippen LogP contribution in [0.5, 0.6) is 0 Å². The molecule has 0 unspecified atom stereocenters. The summed E-state index contributed by atoms with van der Waals surface area (Å²) in [6, 6.07) is 5.22. The molecular formula is C12H11F2NO4S. The van der Waals surface area contributed by atoms with Crippen molar-refractivity contribution < 1.29 is 26.7 Å². The Labute approximate surface area is 113 Å². The smallest absolute Gasteiger partial charge is 0.274 e. The molecule has 0 aliphatic rings. The van der Waals surface area contributed by atoms with Gasteiger partial charge in [-0.15, -0.1) is 0 Å². The third-order valence-corrected chi connectivity index (χ3v) is 3.79. The normalized spacial score (nSPS) is 11.8. The Hall–Kier alpha value is -1.77. The molecule has 8 heteroatoms. The molecule has 2 aromatic rings. The van der Waals surface area contributed by atoms with Gasteiger partial charge in [0, 0.05) is 12.1 Å². The van der Waals surface area contributed by atoms with Gasteiger partial charge < -0.3 is 9.52 Å². The summed E-state index contributed by atoms with van der Waals surface area (Å²) in [5.74, 6) is -1.30. The number of halogens is 2. The van der Waals surface area contributed by atoms with Gasteiger partial charge in [0.2, 0.25) is 5.09 Å². The van der Waals surface area contributed by atoms with Crippen LogP contribution in [-0.4, -0.2) is 13.5 Å².